The lowest BCUT2D eigenvalue weighted by Crippen LogP contribution is -2.47. The van der Waals surface area contributed by atoms with Crippen molar-refractivity contribution in [2.75, 3.05) is 7.11 Å². The molecular weight excluding hydrogens is 324 g/mol. The SMILES string of the molecule is COc1ccccc1CNC(=O)/C=C(\C)NNC(=O)C(=O)NC(C)C. The number of hydrogen-bond donors (Lipinski definition) is 4. The fourth-order valence-corrected chi connectivity index (χ4v) is 1.85. The Kier molecular flexibility index (Phi) is 7.98. The van der Waals surface area contributed by atoms with Gasteiger partial charge in [0.1, 0.15) is 5.75 Å². The summed E-state index contributed by atoms with van der Waals surface area (Å²) in [5.41, 5.74) is 5.94. The van der Waals surface area contributed by atoms with Gasteiger partial charge in [-0.05, 0) is 26.8 Å². The number of benzene rings is 1. The minimum atomic E-state index is -0.837. The van der Waals surface area contributed by atoms with Crippen LogP contribution in [0.1, 0.15) is 26.3 Å². The summed E-state index contributed by atoms with van der Waals surface area (Å²) in [5.74, 6) is -1.26. The Morgan fingerprint density at radius 2 is 1.80 bits per heavy atom. The molecule has 0 atom stereocenters. The molecule has 0 fully saturated rings. The number of para-hydroxylation sites is 1. The first-order valence-electron chi connectivity index (χ1n) is 7.78. The number of nitrogens with one attached hydrogen (secondary N) is 4. The van der Waals surface area contributed by atoms with E-state index in [9.17, 15) is 14.4 Å². The topological polar surface area (TPSA) is 109 Å². The van der Waals surface area contributed by atoms with Crippen LogP contribution in [0.2, 0.25) is 0 Å². The van der Waals surface area contributed by atoms with Crippen LogP contribution in [0.4, 0.5) is 0 Å². The maximum absolute atomic E-state index is 11.9. The van der Waals surface area contributed by atoms with Crippen LogP contribution < -0.4 is 26.2 Å². The molecule has 1 aromatic carbocycles. The highest BCUT2D eigenvalue weighted by atomic mass is 16.5. The van der Waals surface area contributed by atoms with E-state index in [0.717, 1.165) is 5.56 Å². The van der Waals surface area contributed by atoms with Gasteiger partial charge in [0.25, 0.3) is 0 Å². The van der Waals surface area contributed by atoms with Crippen LogP contribution in [0, 0.1) is 0 Å². The molecule has 136 valence electrons. The highest BCUT2D eigenvalue weighted by Crippen LogP contribution is 2.16. The van der Waals surface area contributed by atoms with Gasteiger partial charge in [0.15, 0.2) is 0 Å². The van der Waals surface area contributed by atoms with Gasteiger partial charge in [0.05, 0.1) is 7.11 Å². The first kappa shape index (κ1) is 20.0. The molecule has 8 nitrogen and oxygen atoms in total. The van der Waals surface area contributed by atoms with Crippen molar-refractivity contribution in [1.29, 1.82) is 0 Å². The third-order valence-electron chi connectivity index (χ3n) is 2.99. The average molecular weight is 348 g/mol. The molecule has 0 unspecified atom stereocenters. The van der Waals surface area contributed by atoms with Gasteiger partial charge in [-0.3, -0.25) is 19.8 Å². The van der Waals surface area contributed by atoms with Crippen molar-refractivity contribution in [2.45, 2.75) is 33.4 Å². The van der Waals surface area contributed by atoms with Crippen LogP contribution in [0.25, 0.3) is 0 Å². The lowest BCUT2D eigenvalue weighted by atomic mass is 10.2. The first-order chi connectivity index (χ1) is 11.8. The largest absolute Gasteiger partial charge is 0.496 e. The van der Waals surface area contributed by atoms with Crippen molar-refractivity contribution in [2.24, 2.45) is 0 Å². The van der Waals surface area contributed by atoms with Crippen molar-refractivity contribution in [3.05, 3.63) is 41.6 Å². The summed E-state index contributed by atoms with van der Waals surface area (Å²) in [6.45, 7) is 5.38. The molecule has 0 radical (unpaired) electrons. The Bertz CT molecular complexity index is 656. The van der Waals surface area contributed by atoms with Crippen molar-refractivity contribution >= 4 is 17.7 Å². The predicted molar refractivity (Wildman–Crippen MR) is 93.2 cm³/mol. The van der Waals surface area contributed by atoms with Crippen LogP contribution in [0.5, 0.6) is 5.75 Å². The lowest BCUT2D eigenvalue weighted by molar-refractivity contribution is -0.140. The molecule has 3 amide bonds. The Balaban J connectivity index is 2.46. The Labute approximate surface area is 147 Å². The van der Waals surface area contributed by atoms with E-state index in [2.05, 4.69) is 21.5 Å². The molecule has 0 spiro atoms. The number of hydrazine groups is 1. The van der Waals surface area contributed by atoms with Crippen molar-refractivity contribution < 1.29 is 19.1 Å². The third-order valence-corrected chi connectivity index (χ3v) is 2.99. The zero-order chi connectivity index (χ0) is 18.8. The molecule has 0 aliphatic heterocycles. The average Bonchev–Trinajstić information content (AvgIpc) is 2.57. The predicted octanol–water partition coefficient (Wildman–Crippen LogP) is 0.361. The quantitative estimate of drug-likeness (QED) is 0.323. The van der Waals surface area contributed by atoms with Gasteiger partial charge in [0, 0.05) is 29.9 Å². The number of hydrogen-bond acceptors (Lipinski definition) is 5. The molecule has 1 rings (SSSR count). The molecule has 4 N–H and O–H groups in total. The molecule has 0 aliphatic carbocycles. The molecule has 0 aromatic heterocycles. The maximum atomic E-state index is 11.9. The summed E-state index contributed by atoms with van der Waals surface area (Å²) in [6.07, 6.45) is 1.27. The number of allylic oxidation sites excluding steroid dienone is 1. The second-order valence-corrected chi connectivity index (χ2v) is 5.56. The van der Waals surface area contributed by atoms with Crippen LogP contribution in [-0.4, -0.2) is 30.9 Å². The summed E-state index contributed by atoms with van der Waals surface area (Å²) < 4.78 is 5.21. The number of carbonyl (C=O) groups is 3. The van der Waals surface area contributed by atoms with Gasteiger partial charge in [-0.15, -0.1) is 0 Å². The second kappa shape index (κ2) is 9.96. The molecule has 0 bridgehead atoms. The van der Waals surface area contributed by atoms with E-state index in [1.165, 1.54) is 6.08 Å². The highest BCUT2D eigenvalue weighted by molar-refractivity contribution is 6.35. The van der Waals surface area contributed by atoms with Crippen LogP contribution in [-0.2, 0) is 20.9 Å². The van der Waals surface area contributed by atoms with Crippen molar-refractivity contribution in [3.8, 4) is 5.75 Å². The van der Waals surface area contributed by atoms with Gasteiger partial charge < -0.3 is 20.8 Å². The normalized spacial score (nSPS) is 10.8. The number of methoxy groups -OCH3 is 1. The van der Waals surface area contributed by atoms with Gasteiger partial charge in [-0.1, -0.05) is 18.2 Å². The standard InChI is InChI=1S/C17H24N4O4/c1-11(2)19-16(23)17(24)21-20-12(3)9-15(22)18-10-13-7-5-6-8-14(13)25-4/h5-9,11,20H,10H2,1-4H3,(H,18,22)(H,19,23)(H,21,24)/b12-9+. The number of ether oxygens (including phenoxy) is 1. The molecular formula is C17H24N4O4. The van der Waals surface area contributed by atoms with Gasteiger partial charge in [0.2, 0.25) is 5.91 Å². The van der Waals surface area contributed by atoms with Gasteiger partial charge >= 0.3 is 11.8 Å². The van der Waals surface area contributed by atoms with Gasteiger partial charge in [-0.2, -0.15) is 0 Å². The molecule has 25 heavy (non-hydrogen) atoms. The number of amides is 3. The van der Waals surface area contributed by atoms with E-state index in [0.29, 0.717) is 18.0 Å². The monoisotopic (exact) mass is 348 g/mol. The van der Waals surface area contributed by atoms with E-state index in [1.54, 1.807) is 27.9 Å². The zero-order valence-corrected chi connectivity index (χ0v) is 14.8. The van der Waals surface area contributed by atoms with Crippen LogP contribution in [0.3, 0.4) is 0 Å². The Morgan fingerprint density at radius 1 is 1.12 bits per heavy atom. The minimum absolute atomic E-state index is 0.143. The second-order valence-electron chi connectivity index (χ2n) is 5.56. The maximum Gasteiger partial charge on any atom is 0.327 e. The molecule has 1 aromatic rings. The third kappa shape index (κ3) is 7.38. The molecule has 0 saturated carbocycles. The van der Waals surface area contributed by atoms with E-state index < -0.39 is 11.8 Å². The van der Waals surface area contributed by atoms with Crippen molar-refractivity contribution in [3.63, 3.8) is 0 Å². The van der Waals surface area contributed by atoms with Crippen LogP contribution >= 0.6 is 0 Å². The zero-order valence-electron chi connectivity index (χ0n) is 14.8. The minimum Gasteiger partial charge on any atom is -0.496 e. The lowest BCUT2D eigenvalue weighted by Gasteiger charge is -2.11. The molecule has 8 heteroatoms. The van der Waals surface area contributed by atoms with Crippen LogP contribution in [0.15, 0.2) is 36.0 Å². The fraction of sp³-hybridized carbons (Fsp3) is 0.353. The van der Waals surface area contributed by atoms with Crippen molar-refractivity contribution in [1.82, 2.24) is 21.5 Å². The number of rotatable bonds is 7. The molecule has 0 aliphatic rings. The Hall–Kier alpha value is -3.03. The van der Waals surface area contributed by atoms with E-state index in [-0.39, 0.29) is 11.9 Å². The summed E-state index contributed by atoms with van der Waals surface area (Å²) in [6, 6.07) is 7.21. The van der Waals surface area contributed by atoms with E-state index in [1.807, 2.05) is 24.3 Å². The smallest absolute Gasteiger partial charge is 0.327 e. The fourth-order valence-electron chi connectivity index (χ4n) is 1.85. The first-order valence-corrected chi connectivity index (χ1v) is 7.78. The van der Waals surface area contributed by atoms with E-state index >= 15 is 0 Å². The Morgan fingerprint density at radius 3 is 2.44 bits per heavy atom. The molecule has 0 heterocycles. The summed E-state index contributed by atoms with van der Waals surface area (Å²) >= 11 is 0. The highest BCUT2D eigenvalue weighted by Gasteiger charge is 2.13. The van der Waals surface area contributed by atoms with Gasteiger partial charge in [-0.25, -0.2) is 0 Å². The summed E-state index contributed by atoms with van der Waals surface area (Å²) in [7, 11) is 1.56. The summed E-state index contributed by atoms with van der Waals surface area (Å²) in [5, 5.41) is 5.17. The summed E-state index contributed by atoms with van der Waals surface area (Å²) in [4.78, 5) is 34.8. The molecule has 0 saturated heterocycles. The van der Waals surface area contributed by atoms with E-state index in [4.69, 9.17) is 4.74 Å². The number of carbonyl (C=O) groups excluding carboxylic acids is 3.